The molecule has 0 aliphatic heterocycles. The number of hydrogen-bond donors (Lipinski definition) is 1. The van der Waals surface area contributed by atoms with Crippen LogP contribution in [0.25, 0.3) is 0 Å². The fraction of sp³-hybridized carbons (Fsp3) is 1.00. The van der Waals surface area contributed by atoms with Crippen LogP contribution in [0.5, 0.6) is 0 Å². The highest BCUT2D eigenvalue weighted by Crippen LogP contribution is 2.40. The first-order valence-electron chi connectivity index (χ1n) is 5.86. The largest absolute Gasteiger partial charge is 0.316 e. The number of rotatable bonds is 6. The third-order valence-electron chi connectivity index (χ3n) is 3.42. The predicted molar refractivity (Wildman–Crippen MR) is 63.8 cm³/mol. The molecule has 15 heavy (non-hydrogen) atoms. The molecule has 0 spiro atoms. The van der Waals surface area contributed by atoms with Crippen LogP contribution in [0.2, 0.25) is 0 Å². The molecule has 0 aromatic carbocycles. The molecule has 0 radical (unpaired) electrons. The van der Waals surface area contributed by atoms with Crippen LogP contribution in [0.1, 0.15) is 39.0 Å². The Balaban J connectivity index is 2.50. The molecule has 0 bridgehead atoms. The van der Waals surface area contributed by atoms with Crippen molar-refractivity contribution in [2.24, 2.45) is 5.41 Å². The summed E-state index contributed by atoms with van der Waals surface area (Å²) in [5.74, 6) is 0.346. The Morgan fingerprint density at radius 1 is 1.27 bits per heavy atom. The maximum Gasteiger partial charge on any atom is 0.147 e. The van der Waals surface area contributed by atoms with Crippen molar-refractivity contribution in [2.45, 2.75) is 39.0 Å². The lowest BCUT2D eigenvalue weighted by molar-refractivity contribution is 0.272. The number of nitrogens with one attached hydrogen (secondary N) is 1. The van der Waals surface area contributed by atoms with Gasteiger partial charge in [-0.15, -0.1) is 0 Å². The second-order valence-corrected chi connectivity index (χ2v) is 7.13. The van der Waals surface area contributed by atoms with Crippen LogP contribution >= 0.6 is 0 Å². The van der Waals surface area contributed by atoms with Crippen LogP contribution in [0.4, 0.5) is 0 Å². The first-order chi connectivity index (χ1) is 6.97. The van der Waals surface area contributed by atoms with E-state index in [4.69, 9.17) is 0 Å². The summed E-state index contributed by atoms with van der Waals surface area (Å²) < 4.78 is 22.4. The molecule has 0 atom stereocenters. The Morgan fingerprint density at radius 2 is 1.87 bits per heavy atom. The van der Waals surface area contributed by atoms with E-state index in [1.165, 1.54) is 31.9 Å². The van der Waals surface area contributed by atoms with Crippen molar-refractivity contribution in [1.29, 1.82) is 0 Å². The Hall–Kier alpha value is -0.0900. The highest BCUT2D eigenvalue weighted by molar-refractivity contribution is 7.90. The van der Waals surface area contributed by atoms with Crippen molar-refractivity contribution in [3.63, 3.8) is 0 Å². The Morgan fingerprint density at radius 3 is 2.33 bits per heavy atom. The summed E-state index contributed by atoms with van der Waals surface area (Å²) in [6.45, 7) is 4.05. The highest BCUT2D eigenvalue weighted by Gasteiger charge is 2.33. The van der Waals surface area contributed by atoms with Crippen LogP contribution in [-0.4, -0.2) is 33.5 Å². The number of hydrogen-bond acceptors (Lipinski definition) is 3. The molecule has 0 heterocycles. The van der Waals surface area contributed by atoms with E-state index >= 15 is 0 Å². The first kappa shape index (κ1) is 13.0. The molecular weight excluding hydrogens is 210 g/mol. The van der Waals surface area contributed by atoms with E-state index in [1.807, 2.05) is 0 Å². The summed E-state index contributed by atoms with van der Waals surface area (Å²) in [6.07, 6.45) is 7.07. The average Bonchev–Trinajstić information content (AvgIpc) is 2.60. The predicted octanol–water partition coefficient (Wildman–Crippen LogP) is 1.59. The van der Waals surface area contributed by atoms with Gasteiger partial charge < -0.3 is 5.32 Å². The van der Waals surface area contributed by atoms with Crippen molar-refractivity contribution < 1.29 is 8.42 Å². The molecule has 0 unspecified atom stereocenters. The maximum atomic E-state index is 11.2. The zero-order valence-electron chi connectivity index (χ0n) is 9.88. The minimum atomic E-state index is -2.80. The molecule has 1 N–H and O–H groups in total. The van der Waals surface area contributed by atoms with Crippen molar-refractivity contribution >= 4 is 9.84 Å². The molecule has 0 saturated heterocycles. The summed E-state index contributed by atoms with van der Waals surface area (Å²) in [6, 6.07) is 0. The molecule has 0 aromatic heterocycles. The molecule has 1 aliphatic carbocycles. The van der Waals surface area contributed by atoms with E-state index in [0.717, 1.165) is 19.5 Å². The molecule has 1 rings (SSSR count). The molecule has 4 heteroatoms. The van der Waals surface area contributed by atoms with Gasteiger partial charge in [-0.05, 0) is 31.2 Å². The minimum Gasteiger partial charge on any atom is -0.316 e. The Bertz CT molecular complexity index is 279. The lowest BCUT2D eigenvalue weighted by Gasteiger charge is -2.29. The van der Waals surface area contributed by atoms with Gasteiger partial charge >= 0.3 is 0 Å². The second-order valence-electron chi connectivity index (χ2n) is 4.87. The highest BCUT2D eigenvalue weighted by atomic mass is 32.2. The molecule has 1 saturated carbocycles. The van der Waals surface area contributed by atoms with Gasteiger partial charge in [-0.1, -0.05) is 19.8 Å². The topological polar surface area (TPSA) is 46.2 Å². The lowest BCUT2D eigenvalue weighted by Crippen LogP contribution is -2.33. The third kappa shape index (κ3) is 4.51. The SMILES string of the molecule is CCNCC1(CCS(C)(=O)=O)CCCC1. The Labute approximate surface area is 93.6 Å². The molecule has 1 fully saturated rings. The van der Waals surface area contributed by atoms with Gasteiger partial charge in [0.25, 0.3) is 0 Å². The van der Waals surface area contributed by atoms with E-state index < -0.39 is 9.84 Å². The monoisotopic (exact) mass is 233 g/mol. The fourth-order valence-electron chi connectivity index (χ4n) is 2.43. The minimum absolute atomic E-state index is 0.263. The lowest BCUT2D eigenvalue weighted by atomic mass is 9.83. The van der Waals surface area contributed by atoms with E-state index in [0.29, 0.717) is 5.75 Å². The quantitative estimate of drug-likeness (QED) is 0.758. The van der Waals surface area contributed by atoms with Crippen LogP contribution in [-0.2, 0) is 9.84 Å². The van der Waals surface area contributed by atoms with Gasteiger partial charge in [0.15, 0.2) is 0 Å². The van der Waals surface area contributed by atoms with Crippen molar-refractivity contribution in [2.75, 3.05) is 25.1 Å². The second kappa shape index (κ2) is 5.30. The summed E-state index contributed by atoms with van der Waals surface area (Å²) in [5.41, 5.74) is 0.263. The summed E-state index contributed by atoms with van der Waals surface area (Å²) >= 11 is 0. The molecule has 0 aromatic rings. The molecule has 90 valence electrons. The van der Waals surface area contributed by atoms with Crippen molar-refractivity contribution in [1.82, 2.24) is 5.32 Å². The number of sulfone groups is 1. The smallest absolute Gasteiger partial charge is 0.147 e. The van der Waals surface area contributed by atoms with Crippen LogP contribution < -0.4 is 5.32 Å². The van der Waals surface area contributed by atoms with Gasteiger partial charge in [-0.25, -0.2) is 8.42 Å². The van der Waals surface area contributed by atoms with Gasteiger partial charge in [0.1, 0.15) is 9.84 Å². The van der Waals surface area contributed by atoms with Gasteiger partial charge in [-0.2, -0.15) is 0 Å². The zero-order chi connectivity index (χ0) is 11.4. The standard InChI is InChI=1S/C11H23NO2S/c1-3-12-10-11(6-4-5-7-11)8-9-15(2,13)14/h12H,3-10H2,1-2H3. The van der Waals surface area contributed by atoms with E-state index in [1.54, 1.807) is 0 Å². The van der Waals surface area contributed by atoms with Gasteiger partial charge in [0, 0.05) is 12.8 Å². The van der Waals surface area contributed by atoms with Gasteiger partial charge in [0.05, 0.1) is 5.75 Å². The molecule has 3 nitrogen and oxygen atoms in total. The fourth-order valence-corrected chi connectivity index (χ4v) is 3.24. The average molecular weight is 233 g/mol. The third-order valence-corrected chi connectivity index (χ3v) is 4.36. The van der Waals surface area contributed by atoms with Crippen LogP contribution in [0, 0.1) is 5.41 Å². The van der Waals surface area contributed by atoms with Gasteiger partial charge in [0.2, 0.25) is 0 Å². The van der Waals surface area contributed by atoms with Crippen molar-refractivity contribution in [3.8, 4) is 0 Å². The van der Waals surface area contributed by atoms with Crippen LogP contribution in [0.15, 0.2) is 0 Å². The van der Waals surface area contributed by atoms with Crippen LogP contribution in [0.3, 0.4) is 0 Å². The first-order valence-corrected chi connectivity index (χ1v) is 7.92. The Kier molecular flexibility index (Phi) is 4.59. The van der Waals surface area contributed by atoms with E-state index in [9.17, 15) is 8.42 Å². The molecule has 1 aliphatic rings. The van der Waals surface area contributed by atoms with Crippen molar-refractivity contribution in [3.05, 3.63) is 0 Å². The molecular formula is C11H23NO2S. The molecule has 0 amide bonds. The zero-order valence-corrected chi connectivity index (χ0v) is 10.7. The summed E-state index contributed by atoms with van der Waals surface area (Å²) in [5, 5.41) is 3.37. The van der Waals surface area contributed by atoms with E-state index in [-0.39, 0.29) is 5.41 Å². The summed E-state index contributed by atoms with van der Waals surface area (Å²) in [7, 11) is -2.80. The van der Waals surface area contributed by atoms with E-state index in [2.05, 4.69) is 12.2 Å². The maximum absolute atomic E-state index is 11.2. The van der Waals surface area contributed by atoms with Gasteiger partial charge in [-0.3, -0.25) is 0 Å². The normalized spacial score (nSPS) is 20.7. The summed E-state index contributed by atoms with van der Waals surface area (Å²) in [4.78, 5) is 0.